The van der Waals surface area contributed by atoms with E-state index >= 15 is 0 Å². The molecule has 0 amide bonds. The molecule has 3 heteroatoms. The molecule has 3 saturated carbocycles. The second kappa shape index (κ2) is 5.93. The van der Waals surface area contributed by atoms with Crippen molar-refractivity contribution in [2.75, 3.05) is 0 Å². The molecule has 2 nitrogen and oxygen atoms in total. The minimum atomic E-state index is 0.214. The molecule has 3 aliphatic carbocycles. The topological polar surface area (TPSA) is 26.3 Å². The standard InChI is InChI=1S/C34H29BO2/c1-17-12-33(14-21-15-34(21,13-17)16-33)20-10-22-28-18(2)36-26-8-4-6-24(30(26)28)35-25-7-5-9-27-31(25)29(19(3)37-27)23(11-20)32(22)35/h4-11,17,21H,12-16H2,1-3H3. The van der Waals surface area contributed by atoms with Gasteiger partial charge in [-0.2, -0.15) is 0 Å². The van der Waals surface area contributed by atoms with Gasteiger partial charge in [-0.3, -0.25) is 0 Å². The van der Waals surface area contributed by atoms with E-state index in [9.17, 15) is 0 Å². The van der Waals surface area contributed by atoms with E-state index < -0.39 is 0 Å². The van der Waals surface area contributed by atoms with Gasteiger partial charge in [0.05, 0.1) is 0 Å². The Morgan fingerprint density at radius 3 is 2.03 bits per heavy atom. The van der Waals surface area contributed by atoms with Crippen molar-refractivity contribution in [3.63, 3.8) is 0 Å². The molecule has 3 fully saturated rings. The monoisotopic (exact) mass is 480 g/mol. The molecule has 5 aromatic rings. The summed E-state index contributed by atoms with van der Waals surface area (Å²) in [6.07, 6.45) is 7.03. The van der Waals surface area contributed by atoms with Crippen molar-refractivity contribution in [3.05, 3.63) is 65.6 Å². The van der Waals surface area contributed by atoms with Gasteiger partial charge in [-0.05, 0) is 97.4 Å². The third-order valence-corrected chi connectivity index (χ3v) is 11.3. The fourth-order valence-corrected chi connectivity index (χ4v) is 10.3. The maximum absolute atomic E-state index is 6.44. The Morgan fingerprint density at radius 1 is 0.784 bits per heavy atom. The zero-order chi connectivity index (χ0) is 24.4. The first kappa shape index (κ1) is 19.9. The molecule has 3 aromatic carbocycles. The molecule has 2 aliphatic heterocycles. The highest BCUT2D eigenvalue weighted by Crippen LogP contribution is 2.76. The molecule has 0 radical (unpaired) electrons. The second-order valence-electron chi connectivity index (χ2n) is 13.4. The minimum absolute atomic E-state index is 0.214. The molecule has 4 unspecified atom stereocenters. The summed E-state index contributed by atoms with van der Waals surface area (Å²) >= 11 is 0. The molecule has 0 saturated heterocycles. The molecule has 4 heterocycles. The molecular formula is C34H29BO2. The molecule has 1 spiro atoms. The number of fused-ring (bicyclic) bond motifs is 5. The van der Waals surface area contributed by atoms with Gasteiger partial charge in [-0.25, -0.2) is 0 Å². The van der Waals surface area contributed by atoms with Gasteiger partial charge in [0.2, 0.25) is 6.71 Å². The lowest BCUT2D eigenvalue weighted by Crippen LogP contribution is -2.57. The van der Waals surface area contributed by atoms with Gasteiger partial charge in [0.15, 0.2) is 0 Å². The number of benzene rings is 3. The summed E-state index contributed by atoms with van der Waals surface area (Å²) in [5, 5.41) is 2.64. The summed E-state index contributed by atoms with van der Waals surface area (Å²) in [5.41, 5.74) is 14.3. The molecule has 37 heavy (non-hydrogen) atoms. The van der Waals surface area contributed by atoms with Gasteiger partial charge in [0, 0.05) is 21.9 Å². The lowest BCUT2D eigenvalue weighted by atomic mass is 9.31. The maximum Gasteiger partial charge on any atom is 0.244 e. The van der Waals surface area contributed by atoms with Crippen molar-refractivity contribution in [2.24, 2.45) is 17.3 Å². The van der Waals surface area contributed by atoms with Crippen molar-refractivity contribution < 1.29 is 8.83 Å². The zero-order valence-corrected chi connectivity index (χ0v) is 21.7. The highest BCUT2D eigenvalue weighted by atomic mass is 16.3. The maximum atomic E-state index is 6.44. The van der Waals surface area contributed by atoms with Crippen LogP contribution in [0.3, 0.4) is 0 Å². The molecule has 4 atom stereocenters. The van der Waals surface area contributed by atoms with Crippen molar-refractivity contribution in [3.8, 4) is 22.3 Å². The van der Waals surface area contributed by atoms with Crippen LogP contribution >= 0.6 is 0 Å². The van der Waals surface area contributed by atoms with E-state index in [-0.39, 0.29) is 6.71 Å². The number of rotatable bonds is 1. The average molecular weight is 480 g/mol. The van der Waals surface area contributed by atoms with Crippen molar-refractivity contribution in [2.45, 2.75) is 58.3 Å². The average Bonchev–Trinajstić information content (AvgIpc) is 3.12. The smallest absolute Gasteiger partial charge is 0.244 e. The Hall–Kier alpha value is -3.20. The van der Waals surface area contributed by atoms with Gasteiger partial charge < -0.3 is 8.83 Å². The van der Waals surface area contributed by atoms with Crippen LogP contribution < -0.4 is 16.4 Å². The van der Waals surface area contributed by atoms with Crippen molar-refractivity contribution >= 4 is 45.0 Å². The normalized spacial score (nSPS) is 29.6. The fraction of sp³-hybridized carbons (Fsp3) is 0.353. The summed E-state index contributed by atoms with van der Waals surface area (Å²) in [6.45, 7) is 7.05. The van der Waals surface area contributed by atoms with Crippen LogP contribution in [0.25, 0.3) is 44.2 Å². The second-order valence-corrected chi connectivity index (χ2v) is 13.4. The molecule has 0 N–H and O–H groups in total. The Kier molecular flexibility index (Phi) is 3.18. The molecule has 2 bridgehead atoms. The molecule has 2 aromatic heterocycles. The van der Waals surface area contributed by atoms with Crippen LogP contribution in [0.15, 0.2) is 57.4 Å². The van der Waals surface area contributed by atoms with E-state index in [1.165, 1.54) is 81.5 Å². The Bertz CT molecular complexity index is 1770. The first-order chi connectivity index (χ1) is 18.0. The van der Waals surface area contributed by atoms with E-state index in [2.05, 4.69) is 69.3 Å². The zero-order valence-electron chi connectivity index (χ0n) is 21.7. The van der Waals surface area contributed by atoms with Crippen LogP contribution in [0.4, 0.5) is 0 Å². The van der Waals surface area contributed by atoms with Gasteiger partial charge in [0.25, 0.3) is 0 Å². The number of hydrogen-bond acceptors (Lipinski definition) is 2. The summed E-state index contributed by atoms with van der Waals surface area (Å²) in [5.74, 6) is 3.86. The summed E-state index contributed by atoms with van der Waals surface area (Å²) in [7, 11) is 0. The SMILES string of the molecule is Cc1oc2cccc3c2c1-c1cc(C24CC(C)CC5(CC5C2)C4)cc2c1B3c1cccc3oc(C)c-2c13. The summed E-state index contributed by atoms with van der Waals surface area (Å²) < 4.78 is 12.9. The Morgan fingerprint density at radius 2 is 1.41 bits per heavy atom. The Balaban J connectivity index is 1.37. The number of hydrogen-bond donors (Lipinski definition) is 0. The van der Waals surface area contributed by atoms with Crippen LogP contribution in [0, 0.1) is 31.1 Å². The van der Waals surface area contributed by atoms with E-state index in [1.807, 2.05) is 0 Å². The first-order valence-corrected chi connectivity index (χ1v) is 14.2. The van der Waals surface area contributed by atoms with Crippen LogP contribution in [-0.2, 0) is 5.41 Å². The van der Waals surface area contributed by atoms with Crippen LogP contribution in [0.2, 0.25) is 0 Å². The minimum Gasteiger partial charge on any atom is -0.461 e. The number of furan rings is 2. The van der Waals surface area contributed by atoms with Gasteiger partial charge in [0.1, 0.15) is 22.7 Å². The summed E-state index contributed by atoms with van der Waals surface area (Å²) in [4.78, 5) is 0. The molecule has 5 aliphatic rings. The van der Waals surface area contributed by atoms with E-state index in [1.54, 1.807) is 5.56 Å². The third kappa shape index (κ3) is 2.13. The molecular weight excluding hydrogens is 451 g/mol. The summed E-state index contributed by atoms with van der Waals surface area (Å²) in [6, 6.07) is 18.6. The van der Waals surface area contributed by atoms with E-state index in [0.717, 1.165) is 34.5 Å². The van der Waals surface area contributed by atoms with Crippen molar-refractivity contribution in [1.29, 1.82) is 0 Å². The van der Waals surface area contributed by atoms with Gasteiger partial charge in [-0.15, -0.1) is 0 Å². The van der Waals surface area contributed by atoms with Crippen LogP contribution in [-0.4, -0.2) is 6.71 Å². The Labute approximate surface area is 217 Å². The largest absolute Gasteiger partial charge is 0.461 e. The van der Waals surface area contributed by atoms with Gasteiger partial charge in [-0.1, -0.05) is 59.7 Å². The highest BCUT2D eigenvalue weighted by Gasteiger charge is 2.68. The fourth-order valence-electron chi connectivity index (χ4n) is 10.3. The lowest BCUT2D eigenvalue weighted by Gasteiger charge is -2.42. The van der Waals surface area contributed by atoms with E-state index in [4.69, 9.17) is 8.83 Å². The van der Waals surface area contributed by atoms with E-state index in [0.29, 0.717) is 10.8 Å². The van der Waals surface area contributed by atoms with Crippen LogP contribution in [0.5, 0.6) is 0 Å². The molecule has 10 rings (SSSR count). The predicted octanol–water partition coefficient (Wildman–Crippen LogP) is 6.74. The first-order valence-electron chi connectivity index (χ1n) is 14.2. The van der Waals surface area contributed by atoms with Crippen LogP contribution in [0.1, 0.15) is 56.1 Å². The predicted molar refractivity (Wildman–Crippen MR) is 151 cm³/mol. The van der Waals surface area contributed by atoms with Crippen molar-refractivity contribution in [1.82, 2.24) is 0 Å². The molecule has 180 valence electrons. The number of aryl methyl sites for hydroxylation is 2. The quantitative estimate of drug-likeness (QED) is 0.243. The third-order valence-electron chi connectivity index (χ3n) is 11.3. The van der Waals surface area contributed by atoms with Gasteiger partial charge >= 0.3 is 0 Å². The highest BCUT2D eigenvalue weighted by molar-refractivity contribution is 7.01. The lowest BCUT2D eigenvalue weighted by molar-refractivity contribution is 0.194.